The number of aryl methyl sites for hydroxylation is 2. The molecule has 2 aromatic rings. The molecule has 0 radical (unpaired) electrons. The SMILES string of the molecule is CCn1ncc2c(C(=O)CCCNC)cc(C)nc21. The van der Waals surface area contributed by atoms with Crippen LogP contribution >= 0.6 is 0 Å². The molecular weight excluding hydrogens is 240 g/mol. The Morgan fingerprint density at radius 1 is 1.47 bits per heavy atom. The summed E-state index contributed by atoms with van der Waals surface area (Å²) in [6, 6.07) is 1.87. The molecule has 2 heterocycles. The zero-order chi connectivity index (χ0) is 13.8. The number of nitrogens with zero attached hydrogens (tertiary/aromatic N) is 3. The van der Waals surface area contributed by atoms with Crippen molar-refractivity contribution in [1.29, 1.82) is 0 Å². The molecule has 0 aliphatic heterocycles. The van der Waals surface area contributed by atoms with Gasteiger partial charge < -0.3 is 5.32 Å². The van der Waals surface area contributed by atoms with E-state index >= 15 is 0 Å². The Morgan fingerprint density at radius 3 is 2.95 bits per heavy atom. The van der Waals surface area contributed by atoms with Crippen LogP contribution in [-0.4, -0.2) is 34.1 Å². The average molecular weight is 260 g/mol. The van der Waals surface area contributed by atoms with Gasteiger partial charge in [0.2, 0.25) is 0 Å². The molecule has 0 aromatic carbocycles. The Kier molecular flexibility index (Phi) is 4.27. The van der Waals surface area contributed by atoms with Crippen molar-refractivity contribution in [2.24, 2.45) is 0 Å². The summed E-state index contributed by atoms with van der Waals surface area (Å²) in [5.41, 5.74) is 2.41. The summed E-state index contributed by atoms with van der Waals surface area (Å²) in [5.74, 6) is 0.168. The van der Waals surface area contributed by atoms with Crippen LogP contribution < -0.4 is 5.32 Å². The molecule has 0 aliphatic carbocycles. The number of hydrogen-bond donors (Lipinski definition) is 1. The maximum absolute atomic E-state index is 12.3. The van der Waals surface area contributed by atoms with Crippen LogP contribution in [0.15, 0.2) is 12.3 Å². The molecule has 2 aromatic heterocycles. The number of carbonyl (C=O) groups excluding carboxylic acids is 1. The summed E-state index contributed by atoms with van der Waals surface area (Å²) < 4.78 is 1.83. The summed E-state index contributed by atoms with van der Waals surface area (Å²) in [6.45, 7) is 5.54. The molecule has 0 unspecified atom stereocenters. The van der Waals surface area contributed by atoms with Crippen LogP contribution in [0, 0.1) is 6.92 Å². The zero-order valence-electron chi connectivity index (χ0n) is 11.7. The number of hydrogen-bond acceptors (Lipinski definition) is 4. The number of fused-ring (bicyclic) bond motifs is 1. The second-order valence-electron chi connectivity index (χ2n) is 4.64. The van der Waals surface area contributed by atoms with E-state index in [1.165, 1.54) is 0 Å². The highest BCUT2D eigenvalue weighted by Gasteiger charge is 2.14. The second-order valence-corrected chi connectivity index (χ2v) is 4.64. The van der Waals surface area contributed by atoms with Crippen LogP contribution in [0.2, 0.25) is 0 Å². The van der Waals surface area contributed by atoms with Gasteiger partial charge in [0.05, 0.1) is 6.20 Å². The summed E-state index contributed by atoms with van der Waals surface area (Å²) in [4.78, 5) is 16.8. The number of nitrogens with one attached hydrogen (secondary N) is 1. The van der Waals surface area contributed by atoms with Crippen molar-refractivity contribution in [2.75, 3.05) is 13.6 Å². The van der Waals surface area contributed by atoms with E-state index in [0.29, 0.717) is 6.42 Å². The number of rotatable bonds is 6. The lowest BCUT2D eigenvalue weighted by Gasteiger charge is -2.05. The van der Waals surface area contributed by atoms with E-state index in [1.54, 1.807) is 6.20 Å². The first-order valence-corrected chi connectivity index (χ1v) is 6.68. The molecule has 0 spiro atoms. The van der Waals surface area contributed by atoms with Crippen LogP contribution in [0.4, 0.5) is 0 Å². The predicted molar refractivity (Wildman–Crippen MR) is 75.4 cm³/mol. The number of carbonyl (C=O) groups is 1. The van der Waals surface area contributed by atoms with Gasteiger partial charge in [0.25, 0.3) is 0 Å². The van der Waals surface area contributed by atoms with Crippen molar-refractivity contribution in [3.05, 3.63) is 23.5 Å². The lowest BCUT2D eigenvalue weighted by atomic mass is 10.0. The fourth-order valence-corrected chi connectivity index (χ4v) is 2.20. The van der Waals surface area contributed by atoms with E-state index in [2.05, 4.69) is 15.4 Å². The zero-order valence-corrected chi connectivity index (χ0v) is 11.7. The Morgan fingerprint density at radius 2 is 2.26 bits per heavy atom. The molecule has 0 aliphatic rings. The molecule has 0 fully saturated rings. The number of aromatic nitrogens is 3. The minimum atomic E-state index is 0.168. The number of Topliss-reactive ketones (excluding diaryl/α,β-unsaturated/α-hetero) is 1. The van der Waals surface area contributed by atoms with Crippen LogP contribution in [0.5, 0.6) is 0 Å². The van der Waals surface area contributed by atoms with Gasteiger partial charge in [-0.15, -0.1) is 0 Å². The predicted octanol–water partition coefficient (Wildman–Crippen LogP) is 1.94. The van der Waals surface area contributed by atoms with Gasteiger partial charge in [0, 0.05) is 29.6 Å². The third kappa shape index (κ3) is 2.81. The summed E-state index contributed by atoms with van der Waals surface area (Å²) in [5, 5.41) is 8.20. The Hall–Kier alpha value is -1.75. The van der Waals surface area contributed by atoms with Gasteiger partial charge in [0.1, 0.15) is 0 Å². The molecule has 19 heavy (non-hydrogen) atoms. The van der Waals surface area contributed by atoms with E-state index < -0.39 is 0 Å². The first kappa shape index (κ1) is 13.7. The van der Waals surface area contributed by atoms with E-state index in [1.807, 2.05) is 31.6 Å². The van der Waals surface area contributed by atoms with Crippen molar-refractivity contribution >= 4 is 16.8 Å². The van der Waals surface area contributed by atoms with Gasteiger partial charge in [-0.05, 0) is 39.9 Å². The highest BCUT2D eigenvalue weighted by atomic mass is 16.1. The molecule has 0 amide bonds. The monoisotopic (exact) mass is 260 g/mol. The third-order valence-corrected chi connectivity index (χ3v) is 3.17. The van der Waals surface area contributed by atoms with Crippen molar-refractivity contribution in [3.63, 3.8) is 0 Å². The van der Waals surface area contributed by atoms with Gasteiger partial charge in [-0.3, -0.25) is 4.79 Å². The van der Waals surface area contributed by atoms with E-state index in [4.69, 9.17) is 0 Å². The van der Waals surface area contributed by atoms with Crippen molar-refractivity contribution in [3.8, 4) is 0 Å². The molecule has 5 heteroatoms. The molecule has 0 saturated carbocycles. The van der Waals surface area contributed by atoms with Crippen LogP contribution in [-0.2, 0) is 6.54 Å². The fourth-order valence-electron chi connectivity index (χ4n) is 2.20. The smallest absolute Gasteiger partial charge is 0.163 e. The van der Waals surface area contributed by atoms with Crippen LogP contribution in [0.1, 0.15) is 35.8 Å². The largest absolute Gasteiger partial charge is 0.320 e. The van der Waals surface area contributed by atoms with Crippen molar-refractivity contribution in [1.82, 2.24) is 20.1 Å². The van der Waals surface area contributed by atoms with E-state index in [0.717, 1.165) is 41.8 Å². The summed E-state index contributed by atoms with van der Waals surface area (Å²) in [7, 11) is 1.89. The van der Waals surface area contributed by atoms with Gasteiger partial charge in [-0.25, -0.2) is 9.67 Å². The Bertz CT molecular complexity index is 588. The lowest BCUT2D eigenvalue weighted by Crippen LogP contribution is -2.10. The van der Waals surface area contributed by atoms with E-state index in [-0.39, 0.29) is 5.78 Å². The van der Waals surface area contributed by atoms with Gasteiger partial charge >= 0.3 is 0 Å². The molecule has 0 bridgehead atoms. The molecular formula is C14H20N4O. The first-order chi connectivity index (χ1) is 9.17. The molecule has 0 atom stereocenters. The van der Waals surface area contributed by atoms with Gasteiger partial charge in [0.15, 0.2) is 11.4 Å². The second kappa shape index (κ2) is 5.93. The molecule has 102 valence electrons. The average Bonchev–Trinajstić information content (AvgIpc) is 2.80. The molecule has 2 rings (SSSR count). The molecule has 5 nitrogen and oxygen atoms in total. The minimum absolute atomic E-state index is 0.168. The maximum Gasteiger partial charge on any atom is 0.163 e. The summed E-state index contributed by atoms with van der Waals surface area (Å²) in [6.07, 6.45) is 3.15. The van der Waals surface area contributed by atoms with E-state index in [9.17, 15) is 4.79 Å². The van der Waals surface area contributed by atoms with Crippen LogP contribution in [0.25, 0.3) is 11.0 Å². The Balaban J connectivity index is 2.36. The Labute approximate surface area is 113 Å². The van der Waals surface area contributed by atoms with Crippen LogP contribution in [0.3, 0.4) is 0 Å². The number of ketones is 1. The van der Waals surface area contributed by atoms with Crippen molar-refractivity contribution in [2.45, 2.75) is 33.2 Å². The molecule has 0 saturated heterocycles. The highest BCUT2D eigenvalue weighted by molar-refractivity contribution is 6.06. The first-order valence-electron chi connectivity index (χ1n) is 6.68. The summed E-state index contributed by atoms with van der Waals surface area (Å²) >= 11 is 0. The molecule has 1 N–H and O–H groups in total. The third-order valence-electron chi connectivity index (χ3n) is 3.17. The normalized spacial score (nSPS) is 11.1. The maximum atomic E-state index is 12.3. The fraction of sp³-hybridized carbons (Fsp3) is 0.500. The highest BCUT2D eigenvalue weighted by Crippen LogP contribution is 2.20. The van der Waals surface area contributed by atoms with Crippen molar-refractivity contribution < 1.29 is 4.79 Å². The standard InChI is InChI=1S/C14H20N4O/c1-4-18-14-12(9-16-18)11(8-10(2)17-14)13(19)6-5-7-15-3/h8-9,15H,4-7H2,1-3H3. The topological polar surface area (TPSA) is 59.8 Å². The van der Waals surface area contributed by atoms with Gasteiger partial charge in [-0.1, -0.05) is 0 Å². The lowest BCUT2D eigenvalue weighted by molar-refractivity contribution is 0.0981. The van der Waals surface area contributed by atoms with Gasteiger partial charge in [-0.2, -0.15) is 5.10 Å². The quantitative estimate of drug-likeness (QED) is 0.637. The minimum Gasteiger partial charge on any atom is -0.320 e. The number of pyridine rings is 1.